The third-order valence-corrected chi connectivity index (χ3v) is 4.81. The molecule has 2 aromatic rings. The smallest absolute Gasteiger partial charge is 0.422 e. The molecule has 31 heavy (non-hydrogen) atoms. The third-order valence-electron chi connectivity index (χ3n) is 4.81. The van der Waals surface area contributed by atoms with Crippen LogP contribution in [0, 0.1) is 5.92 Å². The summed E-state index contributed by atoms with van der Waals surface area (Å²) < 4.78 is 52.0. The standard InChI is InChI=1S/C20H18F3N3O5/c21-20(22,23)10-29-17-5-12(3-4-24-17)8-25-19(28)13-6-18(27)26(9-13)14-1-2-15-16(7-14)31-11-30-15/h1-5,7,13H,6,8-11H2,(H,25,28). The van der Waals surface area contributed by atoms with Gasteiger partial charge in [-0.15, -0.1) is 0 Å². The van der Waals surface area contributed by atoms with Gasteiger partial charge < -0.3 is 24.4 Å². The fourth-order valence-corrected chi connectivity index (χ4v) is 3.31. The molecular formula is C20H18F3N3O5. The monoisotopic (exact) mass is 437 g/mol. The summed E-state index contributed by atoms with van der Waals surface area (Å²) >= 11 is 0. The van der Waals surface area contributed by atoms with Gasteiger partial charge in [0, 0.05) is 43.5 Å². The first kappa shape index (κ1) is 20.8. The molecule has 0 aliphatic carbocycles. The van der Waals surface area contributed by atoms with Crippen molar-refractivity contribution in [3.05, 3.63) is 42.1 Å². The molecule has 0 spiro atoms. The van der Waals surface area contributed by atoms with Gasteiger partial charge in [-0.05, 0) is 23.8 Å². The van der Waals surface area contributed by atoms with E-state index in [9.17, 15) is 22.8 Å². The van der Waals surface area contributed by atoms with E-state index in [1.165, 1.54) is 17.2 Å². The van der Waals surface area contributed by atoms with Gasteiger partial charge >= 0.3 is 6.18 Å². The van der Waals surface area contributed by atoms with Gasteiger partial charge in [0.2, 0.25) is 24.5 Å². The van der Waals surface area contributed by atoms with Crippen LogP contribution in [0.5, 0.6) is 17.4 Å². The number of halogens is 3. The Hall–Kier alpha value is -3.50. The predicted octanol–water partition coefficient (Wildman–Crippen LogP) is 2.42. The van der Waals surface area contributed by atoms with Crippen molar-refractivity contribution in [1.29, 1.82) is 0 Å². The van der Waals surface area contributed by atoms with Crippen molar-refractivity contribution >= 4 is 17.5 Å². The Morgan fingerprint density at radius 3 is 2.84 bits per heavy atom. The molecule has 8 nitrogen and oxygen atoms in total. The van der Waals surface area contributed by atoms with E-state index in [0.29, 0.717) is 22.7 Å². The molecule has 1 aromatic carbocycles. The first-order chi connectivity index (χ1) is 14.8. The lowest BCUT2D eigenvalue weighted by Gasteiger charge is -2.17. The van der Waals surface area contributed by atoms with Crippen molar-refractivity contribution < 1.29 is 37.0 Å². The van der Waals surface area contributed by atoms with Gasteiger partial charge in [-0.2, -0.15) is 13.2 Å². The highest BCUT2D eigenvalue weighted by molar-refractivity contribution is 6.00. The molecule has 3 heterocycles. The molecule has 164 valence electrons. The molecule has 0 bridgehead atoms. The number of pyridine rings is 1. The van der Waals surface area contributed by atoms with Crippen molar-refractivity contribution in [2.24, 2.45) is 5.92 Å². The fraction of sp³-hybridized carbons (Fsp3) is 0.350. The van der Waals surface area contributed by atoms with Crippen LogP contribution in [0.4, 0.5) is 18.9 Å². The van der Waals surface area contributed by atoms with Crippen molar-refractivity contribution in [2.75, 3.05) is 24.8 Å². The van der Waals surface area contributed by atoms with Crippen LogP contribution in [0.15, 0.2) is 36.5 Å². The highest BCUT2D eigenvalue weighted by Crippen LogP contribution is 2.37. The fourth-order valence-electron chi connectivity index (χ4n) is 3.31. The maximum Gasteiger partial charge on any atom is 0.422 e. The molecule has 1 aromatic heterocycles. The highest BCUT2D eigenvalue weighted by atomic mass is 19.4. The molecule has 0 saturated carbocycles. The molecule has 2 aliphatic heterocycles. The van der Waals surface area contributed by atoms with E-state index < -0.39 is 18.7 Å². The number of rotatable bonds is 6. The minimum atomic E-state index is -4.47. The number of aromatic nitrogens is 1. The normalized spacial score (nSPS) is 17.7. The summed E-state index contributed by atoms with van der Waals surface area (Å²) in [6.07, 6.45) is -3.12. The minimum absolute atomic E-state index is 0.0521. The first-order valence-electron chi connectivity index (χ1n) is 9.41. The molecule has 4 rings (SSSR count). The number of benzene rings is 1. The van der Waals surface area contributed by atoms with Crippen LogP contribution in [0.3, 0.4) is 0 Å². The summed E-state index contributed by atoms with van der Waals surface area (Å²) in [5.41, 5.74) is 1.14. The highest BCUT2D eigenvalue weighted by Gasteiger charge is 2.35. The third kappa shape index (κ3) is 4.98. The van der Waals surface area contributed by atoms with Gasteiger partial charge in [-0.1, -0.05) is 0 Å². The Morgan fingerprint density at radius 1 is 1.23 bits per heavy atom. The molecule has 0 radical (unpaired) electrons. The number of carbonyl (C=O) groups excluding carboxylic acids is 2. The van der Waals surface area contributed by atoms with Crippen LogP contribution in [0.25, 0.3) is 0 Å². The number of carbonyl (C=O) groups is 2. The lowest BCUT2D eigenvalue weighted by molar-refractivity contribution is -0.154. The van der Waals surface area contributed by atoms with E-state index in [4.69, 9.17) is 9.47 Å². The zero-order valence-corrected chi connectivity index (χ0v) is 16.1. The number of hydrogen-bond acceptors (Lipinski definition) is 6. The lowest BCUT2D eigenvalue weighted by Crippen LogP contribution is -2.32. The van der Waals surface area contributed by atoms with Crippen molar-refractivity contribution in [2.45, 2.75) is 19.1 Å². The molecule has 1 atom stereocenters. The van der Waals surface area contributed by atoms with Gasteiger partial charge in [0.05, 0.1) is 5.92 Å². The Balaban J connectivity index is 1.33. The first-order valence-corrected chi connectivity index (χ1v) is 9.41. The van der Waals surface area contributed by atoms with E-state index in [2.05, 4.69) is 15.0 Å². The van der Waals surface area contributed by atoms with Crippen LogP contribution >= 0.6 is 0 Å². The Labute approximate surface area is 174 Å². The zero-order valence-electron chi connectivity index (χ0n) is 16.1. The zero-order chi connectivity index (χ0) is 22.0. The van der Waals surface area contributed by atoms with Gasteiger partial charge in [0.15, 0.2) is 18.1 Å². The summed E-state index contributed by atoms with van der Waals surface area (Å²) in [6, 6.07) is 8.01. The van der Waals surface area contributed by atoms with Crippen LogP contribution in [0.1, 0.15) is 12.0 Å². The van der Waals surface area contributed by atoms with Crippen LogP contribution in [-0.2, 0) is 16.1 Å². The Kier molecular flexibility index (Phi) is 5.57. The number of amides is 2. The Morgan fingerprint density at radius 2 is 2.03 bits per heavy atom. The van der Waals surface area contributed by atoms with Gasteiger partial charge in [-0.3, -0.25) is 9.59 Å². The summed E-state index contributed by atoms with van der Waals surface area (Å²) in [4.78, 5) is 30.2. The molecule has 2 aliphatic rings. The largest absolute Gasteiger partial charge is 0.468 e. The van der Waals surface area contributed by atoms with Gasteiger partial charge in [-0.25, -0.2) is 4.98 Å². The van der Waals surface area contributed by atoms with Crippen molar-refractivity contribution in [3.63, 3.8) is 0 Å². The quantitative estimate of drug-likeness (QED) is 0.747. The van der Waals surface area contributed by atoms with Crippen LogP contribution < -0.4 is 24.4 Å². The summed E-state index contributed by atoms with van der Waals surface area (Å²) in [6.45, 7) is -1.05. The molecule has 1 fully saturated rings. The number of anilines is 1. The van der Waals surface area contributed by atoms with Crippen LogP contribution in [0.2, 0.25) is 0 Å². The second-order valence-corrected chi connectivity index (χ2v) is 7.07. The number of hydrogen-bond donors (Lipinski definition) is 1. The predicted molar refractivity (Wildman–Crippen MR) is 101 cm³/mol. The van der Waals surface area contributed by atoms with E-state index in [1.54, 1.807) is 24.3 Å². The number of nitrogens with zero attached hydrogens (tertiary/aromatic N) is 2. The van der Waals surface area contributed by atoms with E-state index >= 15 is 0 Å². The number of ether oxygens (including phenoxy) is 3. The molecule has 2 amide bonds. The average molecular weight is 437 g/mol. The number of nitrogens with one attached hydrogen (secondary N) is 1. The SMILES string of the molecule is O=C(NCc1ccnc(OCC(F)(F)F)c1)C1CC(=O)N(c2ccc3c(c2)OCO3)C1. The van der Waals surface area contributed by atoms with Crippen molar-refractivity contribution in [1.82, 2.24) is 10.3 Å². The van der Waals surface area contributed by atoms with E-state index in [1.807, 2.05) is 0 Å². The van der Waals surface area contributed by atoms with Crippen LogP contribution in [-0.4, -0.2) is 42.9 Å². The summed E-state index contributed by atoms with van der Waals surface area (Å²) in [7, 11) is 0. The molecule has 11 heteroatoms. The molecular weight excluding hydrogens is 419 g/mol. The van der Waals surface area contributed by atoms with E-state index in [-0.39, 0.29) is 44.0 Å². The molecule has 1 saturated heterocycles. The number of fused-ring (bicyclic) bond motifs is 1. The molecule has 1 N–H and O–H groups in total. The second kappa shape index (κ2) is 8.32. The van der Waals surface area contributed by atoms with Gasteiger partial charge in [0.25, 0.3) is 0 Å². The summed E-state index contributed by atoms with van der Waals surface area (Å²) in [5.74, 6) is -0.119. The molecule has 1 unspecified atom stereocenters. The lowest BCUT2D eigenvalue weighted by atomic mass is 10.1. The summed E-state index contributed by atoms with van der Waals surface area (Å²) in [5, 5.41) is 2.71. The maximum absolute atomic E-state index is 12.5. The van der Waals surface area contributed by atoms with Gasteiger partial charge in [0.1, 0.15) is 0 Å². The minimum Gasteiger partial charge on any atom is -0.468 e. The maximum atomic E-state index is 12.5. The van der Waals surface area contributed by atoms with Crippen molar-refractivity contribution in [3.8, 4) is 17.4 Å². The second-order valence-electron chi connectivity index (χ2n) is 7.07. The average Bonchev–Trinajstić information content (AvgIpc) is 3.36. The number of alkyl halides is 3. The topological polar surface area (TPSA) is 90.0 Å². The Bertz CT molecular complexity index is 998. The van der Waals surface area contributed by atoms with E-state index in [0.717, 1.165) is 0 Å².